The van der Waals surface area contributed by atoms with Crippen LogP contribution in [-0.4, -0.2) is 40.9 Å². The van der Waals surface area contributed by atoms with E-state index in [1.165, 1.54) is 41.8 Å². The summed E-state index contributed by atoms with van der Waals surface area (Å²) in [5.74, 6) is -2.06. The van der Waals surface area contributed by atoms with Crippen LogP contribution >= 0.6 is 11.3 Å². The molecular weight excluding hydrogens is 633 g/mol. The molecule has 2 aromatic carbocycles. The van der Waals surface area contributed by atoms with E-state index in [4.69, 9.17) is 11.5 Å². The van der Waals surface area contributed by atoms with E-state index in [-0.39, 0.29) is 58.7 Å². The number of nitrogens with two attached hydrogens (primary N) is 2. The maximum atomic E-state index is 14.4. The lowest BCUT2D eigenvalue weighted by atomic mass is 10.1. The van der Waals surface area contributed by atoms with Crippen molar-refractivity contribution in [2.24, 2.45) is 0 Å². The first-order valence-electron chi connectivity index (χ1n) is 13.2. The molecule has 46 heavy (non-hydrogen) atoms. The highest BCUT2D eigenvalue weighted by Gasteiger charge is 2.34. The molecule has 5 N–H and O–H groups in total. The van der Waals surface area contributed by atoms with Crippen LogP contribution in [0.5, 0.6) is 0 Å². The van der Waals surface area contributed by atoms with Crippen molar-refractivity contribution in [1.82, 2.24) is 29.7 Å². The van der Waals surface area contributed by atoms with Gasteiger partial charge in [-0.1, -0.05) is 42.5 Å². The van der Waals surface area contributed by atoms with Gasteiger partial charge in [0.1, 0.15) is 22.8 Å². The lowest BCUT2D eigenvalue weighted by Crippen LogP contribution is -2.31. The standard InChI is InChI=1S/C29H20F5N9O2S/c30-17-10-21-22(37-11-17)19(9-16-3-1-2-4-18(16)31)41-43(21)27-39-24(35)23(25(36)40-27)42(28(44)45)12-14-5-7-15(8-6-14)20-13-46-26(38-20)29(32,33)34/h1-8,10-11,13H,9,12H2,(H,44,45)(H4,35,36,39,40). The van der Waals surface area contributed by atoms with Gasteiger partial charge in [0.2, 0.25) is 0 Å². The number of carbonyl (C=O) groups is 1. The van der Waals surface area contributed by atoms with Crippen LogP contribution in [0.1, 0.15) is 21.8 Å². The molecule has 0 spiro atoms. The molecular formula is C29H20F5N9O2S. The van der Waals surface area contributed by atoms with Gasteiger partial charge in [0.25, 0.3) is 5.95 Å². The fraction of sp³-hybridized carbons (Fsp3) is 0.103. The average Bonchev–Trinajstić information content (AvgIpc) is 3.64. The number of fused-ring (bicyclic) bond motifs is 1. The molecule has 234 valence electrons. The summed E-state index contributed by atoms with van der Waals surface area (Å²) in [5, 5.41) is 14.7. The Morgan fingerprint density at radius 1 is 1.00 bits per heavy atom. The fourth-order valence-corrected chi connectivity index (χ4v) is 5.42. The first-order chi connectivity index (χ1) is 21.9. The molecule has 0 unspecified atom stereocenters. The Hall–Kier alpha value is -5.71. The zero-order valence-corrected chi connectivity index (χ0v) is 24.0. The first kappa shape index (κ1) is 30.3. The van der Waals surface area contributed by atoms with Crippen molar-refractivity contribution < 1.29 is 31.9 Å². The van der Waals surface area contributed by atoms with Crippen LogP contribution in [0.15, 0.2) is 66.2 Å². The molecule has 0 aliphatic heterocycles. The number of pyridine rings is 1. The van der Waals surface area contributed by atoms with E-state index in [1.54, 1.807) is 12.1 Å². The molecule has 0 aliphatic carbocycles. The van der Waals surface area contributed by atoms with Gasteiger partial charge in [0.15, 0.2) is 16.6 Å². The predicted molar refractivity (Wildman–Crippen MR) is 159 cm³/mol. The molecule has 1 amide bonds. The van der Waals surface area contributed by atoms with E-state index in [0.717, 1.165) is 21.8 Å². The second-order valence-electron chi connectivity index (χ2n) is 9.89. The monoisotopic (exact) mass is 653 g/mol. The summed E-state index contributed by atoms with van der Waals surface area (Å²) in [5.41, 5.74) is 14.1. The minimum Gasteiger partial charge on any atom is -0.465 e. The highest BCUT2D eigenvalue weighted by Crippen LogP contribution is 2.35. The van der Waals surface area contributed by atoms with E-state index >= 15 is 0 Å². The number of thiazole rings is 1. The molecule has 6 aromatic rings. The number of aromatic nitrogens is 6. The summed E-state index contributed by atoms with van der Waals surface area (Å²) in [6.45, 7) is -0.274. The molecule has 0 aliphatic rings. The van der Waals surface area contributed by atoms with Crippen LogP contribution in [0.25, 0.3) is 28.2 Å². The summed E-state index contributed by atoms with van der Waals surface area (Å²) in [6.07, 6.45) is -5.02. The number of hydrogen-bond donors (Lipinski definition) is 3. The number of anilines is 3. The van der Waals surface area contributed by atoms with Crippen LogP contribution in [0.3, 0.4) is 0 Å². The summed E-state index contributed by atoms with van der Waals surface area (Å²) < 4.78 is 68.6. The lowest BCUT2D eigenvalue weighted by molar-refractivity contribution is -0.137. The maximum Gasteiger partial charge on any atom is 0.443 e. The molecule has 0 radical (unpaired) electrons. The Kier molecular flexibility index (Phi) is 7.69. The van der Waals surface area contributed by atoms with Crippen molar-refractivity contribution >= 4 is 45.8 Å². The molecule has 4 heterocycles. The molecule has 0 saturated carbocycles. The van der Waals surface area contributed by atoms with E-state index in [9.17, 15) is 31.9 Å². The number of nitrogens with zero attached hydrogens (tertiary/aromatic N) is 7. The Balaban J connectivity index is 1.32. The second kappa shape index (κ2) is 11.7. The fourth-order valence-electron chi connectivity index (χ4n) is 4.72. The molecule has 6 rings (SSSR count). The van der Waals surface area contributed by atoms with Crippen molar-refractivity contribution in [2.45, 2.75) is 19.1 Å². The molecule has 0 fully saturated rings. The molecule has 11 nitrogen and oxygen atoms in total. The van der Waals surface area contributed by atoms with Crippen LogP contribution in [-0.2, 0) is 19.1 Å². The van der Waals surface area contributed by atoms with E-state index in [1.807, 2.05) is 0 Å². The summed E-state index contributed by atoms with van der Waals surface area (Å²) in [6, 6.07) is 13.2. The average molecular weight is 654 g/mol. The van der Waals surface area contributed by atoms with Crippen molar-refractivity contribution in [3.05, 3.63) is 99.6 Å². The van der Waals surface area contributed by atoms with Gasteiger partial charge in [-0.2, -0.15) is 32.9 Å². The van der Waals surface area contributed by atoms with Crippen molar-refractivity contribution in [2.75, 3.05) is 16.4 Å². The van der Waals surface area contributed by atoms with Gasteiger partial charge in [0, 0.05) is 23.4 Å². The van der Waals surface area contributed by atoms with Crippen LogP contribution in [0.4, 0.5) is 44.1 Å². The molecule has 17 heteroatoms. The van der Waals surface area contributed by atoms with Crippen molar-refractivity contribution in [3.8, 4) is 17.2 Å². The number of nitrogen functional groups attached to an aromatic ring is 2. The Labute approximate surface area is 259 Å². The predicted octanol–water partition coefficient (Wildman–Crippen LogP) is 6.07. The van der Waals surface area contributed by atoms with Gasteiger partial charge in [-0.15, -0.1) is 11.3 Å². The lowest BCUT2D eigenvalue weighted by Gasteiger charge is -2.22. The van der Waals surface area contributed by atoms with Crippen molar-refractivity contribution in [3.63, 3.8) is 0 Å². The zero-order valence-electron chi connectivity index (χ0n) is 23.2. The third-order valence-corrected chi connectivity index (χ3v) is 7.71. The van der Waals surface area contributed by atoms with Crippen LogP contribution in [0, 0.1) is 11.6 Å². The van der Waals surface area contributed by atoms with Crippen LogP contribution < -0.4 is 16.4 Å². The molecule has 0 bridgehead atoms. The smallest absolute Gasteiger partial charge is 0.443 e. The SMILES string of the molecule is Nc1nc(-n2nc(Cc3ccccc3F)c3ncc(F)cc32)nc(N)c1N(Cc1ccc(-c2csc(C(F)(F)F)n2)cc1)C(=O)O. The van der Waals surface area contributed by atoms with Gasteiger partial charge >= 0.3 is 12.3 Å². The number of hydrogen-bond acceptors (Lipinski definition) is 9. The Morgan fingerprint density at radius 3 is 2.33 bits per heavy atom. The maximum absolute atomic E-state index is 14.4. The normalized spacial score (nSPS) is 11.7. The van der Waals surface area contributed by atoms with Gasteiger partial charge in [-0.05, 0) is 17.2 Å². The number of alkyl halides is 3. The van der Waals surface area contributed by atoms with Gasteiger partial charge < -0.3 is 16.6 Å². The topological polar surface area (TPSA) is 162 Å². The van der Waals surface area contributed by atoms with Gasteiger partial charge in [-0.25, -0.2) is 23.5 Å². The Bertz CT molecular complexity index is 2070. The van der Waals surface area contributed by atoms with E-state index < -0.39 is 28.9 Å². The molecule has 0 saturated heterocycles. The minimum absolute atomic E-state index is 0.00932. The van der Waals surface area contributed by atoms with E-state index in [2.05, 4.69) is 25.0 Å². The molecule has 0 atom stereocenters. The summed E-state index contributed by atoms with van der Waals surface area (Å²) >= 11 is 0.466. The van der Waals surface area contributed by atoms with Crippen LogP contribution in [0.2, 0.25) is 0 Å². The first-order valence-corrected chi connectivity index (χ1v) is 14.1. The third-order valence-electron chi connectivity index (χ3n) is 6.83. The highest BCUT2D eigenvalue weighted by molar-refractivity contribution is 7.10. The summed E-state index contributed by atoms with van der Waals surface area (Å²) in [4.78, 5) is 29.2. The number of halogens is 5. The number of rotatable bonds is 7. The van der Waals surface area contributed by atoms with E-state index in [0.29, 0.717) is 28.0 Å². The second-order valence-corrected chi connectivity index (χ2v) is 10.8. The minimum atomic E-state index is -4.57. The third kappa shape index (κ3) is 5.86. The van der Waals surface area contributed by atoms with Crippen molar-refractivity contribution in [1.29, 1.82) is 0 Å². The number of benzene rings is 2. The largest absolute Gasteiger partial charge is 0.465 e. The highest BCUT2D eigenvalue weighted by atomic mass is 32.1. The van der Waals surface area contributed by atoms with Gasteiger partial charge in [-0.3, -0.25) is 4.90 Å². The summed E-state index contributed by atoms with van der Waals surface area (Å²) in [7, 11) is 0. The molecule has 4 aromatic heterocycles. The number of carboxylic acid groups (broad SMARTS) is 1. The Morgan fingerprint density at radius 2 is 1.70 bits per heavy atom. The van der Waals surface area contributed by atoms with Gasteiger partial charge in [0.05, 0.1) is 29.6 Å². The number of amides is 1. The quantitative estimate of drug-likeness (QED) is 0.174. The zero-order chi connectivity index (χ0) is 32.7.